The number of esters is 1. The summed E-state index contributed by atoms with van der Waals surface area (Å²) < 4.78 is 4.85. The van der Waals surface area contributed by atoms with Crippen molar-refractivity contribution in [3.63, 3.8) is 0 Å². The average molecular weight is 1120 g/mol. The maximum absolute atomic E-state index is 13.3. The van der Waals surface area contributed by atoms with Gasteiger partial charge in [-0.05, 0) is 38.1 Å². The molecule has 8 aromatic rings. The Morgan fingerprint density at radius 1 is 0.716 bits per heavy atom. The predicted molar refractivity (Wildman–Crippen MR) is 295 cm³/mol. The molecule has 19 nitrogen and oxygen atoms in total. The van der Waals surface area contributed by atoms with Gasteiger partial charge in [0, 0.05) is 57.9 Å². The number of ether oxygens (including phenoxy) is 1. The van der Waals surface area contributed by atoms with E-state index in [0.29, 0.717) is 72.5 Å². The highest BCUT2D eigenvalue weighted by molar-refractivity contribution is 7.16. The number of carbonyl (C=O) groups excluding carboxylic acids is 6. The first kappa shape index (κ1) is 58.0. The second-order valence-electron chi connectivity index (χ2n) is 15.0. The van der Waals surface area contributed by atoms with Gasteiger partial charge in [-0.1, -0.05) is 64.4 Å². The molecule has 7 heterocycles. The number of hydrogen-bond donors (Lipinski definition) is 5. The fourth-order valence-corrected chi connectivity index (χ4v) is 10.8. The number of anilines is 1. The van der Waals surface area contributed by atoms with E-state index >= 15 is 0 Å². The molecule has 1 atom stereocenters. The molecule has 0 aliphatic carbocycles. The van der Waals surface area contributed by atoms with Crippen molar-refractivity contribution in [2.45, 2.75) is 67.0 Å². The van der Waals surface area contributed by atoms with Crippen LogP contribution in [-0.4, -0.2) is 98.5 Å². The highest BCUT2D eigenvalue weighted by Crippen LogP contribution is 2.38. The molecule has 0 spiro atoms. The molecule has 1 unspecified atom stereocenters. The summed E-state index contributed by atoms with van der Waals surface area (Å²) in [6.45, 7) is 11.7. The molecular weight excluding hydrogens is 1060 g/mol. The van der Waals surface area contributed by atoms with Crippen molar-refractivity contribution in [3.8, 4) is 43.4 Å². The Hall–Kier alpha value is -6.87. The first-order valence-corrected chi connectivity index (χ1v) is 28.0. The number of rotatable bonds is 17. The van der Waals surface area contributed by atoms with E-state index in [9.17, 15) is 28.8 Å². The van der Waals surface area contributed by atoms with E-state index in [1.54, 1.807) is 43.2 Å². The number of aryl methyl sites for hydroxylation is 1. The standard InChI is InChI=1S/C41H33N11O6S6.C3H7NO.C3H8.C2H6/c1-20-25(14-53)51-41(64-20)52-35(56)28-17-60-36(48-28)22-9-10-23(37-50-30(19-63-37)40(57)58-3)46-33(22)26-15-61-39(47-26)29-18-62-38(49-29)24(11-21-7-5-4-6-8-21)44-31(54)12-43-34(55)27-16-59-32(45-27)13-42-2;1-3(5)4-2;1-3-2;1-2/h4-10,14-19,24,42H,11-13H2,1-3H3,(H,43,55)(H,44,54)(H,51,52,56);1-2H3,(H,4,5);3H2,1-2H3;1-2H3. The summed E-state index contributed by atoms with van der Waals surface area (Å²) in [5.41, 5.74) is 4.38. The number of nitrogens with zero attached hydrogens (tertiary/aromatic N) is 7. The number of thiazole rings is 6. The smallest absolute Gasteiger partial charge is 0.357 e. The fourth-order valence-electron chi connectivity index (χ4n) is 6.01. The Balaban J connectivity index is 0.000000936. The van der Waals surface area contributed by atoms with Gasteiger partial charge in [0.2, 0.25) is 11.8 Å². The van der Waals surface area contributed by atoms with Gasteiger partial charge in [0.15, 0.2) is 17.1 Å². The van der Waals surface area contributed by atoms with Gasteiger partial charge in [-0.25, -0.2) is 39.7 Å². The quantitative estimate of drug-likeness (QED) is 0.0420. The van der Waals surface area contributed by atoms with Crippen LogP contribution in [0.3, 0.4) is 0 Å². The van der Waals surface area contributed by atoms with Crippen LogP contribution in [0.15, 0.2) is 69.4 Å². The van der Waals surface area contributed by atoms with Crippen LogP contribution < -0.4 is 26.6 Å². The lowest BCUT2D eigenvalue weighted by molar-refractivity contribution is -0.121. The van der Waals surface area contributed by atoms with Gasteiger partial charge < -0.3 is 26.0 Å². The monoisotopic (exact) mass is 1110 g/mol. The summed E-state index contributed by atoms with van der Waals surface area (Å²) in [6.07, 6.45) is 2.34. The second kappa shape index (κ2) is 29.1. The fraction of sp³-hybridized carbons (Fsp3) is 0.286. The molecule has 5 N–H and O–H groups in total. The molecule has 0 saturated carbocycles. The first-order valence-electron chi connectivity index (χ1n) is 22.8. The molecule has 0 bridgehead atoms. The molecule has 0 fully saturated rings. The van der Waals surface area contributed by atoms with Gasteiger partial charge in [-0.3, -0.25) is 29.3 Å². The zero-order valence-corrected chi connectivity index (χ0v) is 46.7. The summed E-state index contributed by atoms with van der Waals surface area (Å²) >= 11 is 7.75. The maximum Gasteiger partial charge on any atom is 0.357 e. The van der Waals surface area contributed by atoms with Crippen LogP contribution in [-0.2, 0) is 27.3 Å². The van der Waals surface area contributed by atoms with Crippen LogP contribution in [0.5, 0.6) is 0 Å². The predicted octanol–water partition coefficient (Wildman–Crippen LogP) is 9.39. The molecule has 0 radical (unpaired) electrons. The molecule has 8 rings (SSSR count). The van der Waals surface area contributed by atoms with Crippen LogP contribution in [0.2, 0.25) is 0 Å². The Morgan fingerprint density at radius 3 is 2.03 bits per heavy atom. The first-order chi connectivity index (χ1) is 35.8. The van der Waals surface area contributed by atoms with Gasteiger partial charge in [0.1, 0.15) is 59.2 Å². The largest absolute Gasteiger partial charge is 0.464 e. The number of hydrogen-bond acceptors (Lipinski definition) is 21. The van der Waals surface area contributed by atoms with Crippen molar-refractivity contribution in [1.82, 2.24) is 56.2 Å². The third-order valence-electron chi connectivity index (χ3n) is 9.42. The molecular formula is C49H54N12O7S6. The lowest BCUT2D eigenvalue weighted by Gasteiger charge is -2.17. The molecule has 74 heavy (non-hydrogen) atoms. The minimum atomic E-state index is -0.571. The van der Waals surface area contributed by atoms with Gasteiger partial charge in [0.05, 0.1) is 25.4 Å². The van der Waals surface area contributed by atoms with E-state index in [1.807, 2.05) is 61.0 Å². The summed E-state index contributed by atoms with van der Waals surface area (Å²) in [5, 5.41) is 25.7. The Bertz CT molecular complexity index is 3140. The Labute approximate surface area is 451 Å². The normalized spacial score (nSPS) is 10.8. The second-order valence-corrected chi connectivity index (χ2v) is 20.6. The molecule has 4 amide bonds. The van der Waals surface area contributed by atoms with E-state index < -0.39 is 23.8 Å². The number of amides is 4. The van der Waals surface area contributed by atoms with Crippen LogP contribution in [0.1, 0.15) is 109 Å². The van der Waals surface area contributed by atoms with Crippen molar-refractivity contribution in [1.29, 1.82) is 0 Å². The molecule has 0 aliphatic rings. The van der Waals surface area contributed by atoms with E-state index in [0.717, 1.165) is 10.6 Å². The van der Waals surface area contributed by atoms with E-state index in [-0.39, 0.29) is 46.3 Å². The SMILES string of the molecule is CC.CCC.CNC(C)=O.CNCc1nc(C(=O)NCC(=O)NC(Cc2ccccc2)c2nc(-c3nc(-c4nc(-c5nc(C(=O)OC)cs5)ccc4-c4nc(C(=O)Nc5nc(C=O)c(C)s5)cs4)cs3)cs2)cs1. The maximum atomic E-state index is 13.3. The van der Waals surface area contributed by atoms with Gasteiger partial charge in [-0.15, -0.1) is 68.0 Å². The topological polar surface area (TPSA) is 262 Å². The number of nitrogens with one attached hydrogen (secondary N) is 5. The molecule has 1 aromatic carbocycles. The zero-order valence-electron chi connectivity index (χ0n) is 41.8. The van der Waals surface area contributed by atoms with Crippen LogP contribution >= 0.6 is 68.0 Å². The van der Waals surface area contributed by atoms with Crippen molar-refractivity contribution >= 4 is 109 Å². The summed E-state index contributed by atoms with van der Waals surface area (Å²) in [4.78, 5) is 106. The molecule has 0 saturated heterocycles. The third-order valence-corrected chi connectivity index (χ3v) is 14.7. The van der Waals surface area contributed by atoms with E-state index in [2.05, 4.69) is 60.4 Å². The van der Waals surface area contributed by atoms with Gasteiger partial charge in [0.25, 0.3) is 11.8 Å². The highest BCUT2D eigenvalue weighted by atomic mass is 32.1. The lowest BCUT2D eigenvalue weighted by Crippen LogP contribution is -2.39. The van der Waals surface area contributed by atoms with Gasteiger partial charge >= 0.3 is 5.97 Å². The summed E-state index contributed by atoms with van der Waals surface area (Å²) in [5.74, 6) is -1.89. The number of methoxy groups -OCH3 is 1. The number of carbonyl (C=O) groups is 6. The minimum Gasteiger partial charge on any atom is -0.464 e. The average Bonchev–Trinajstić information content (AvgIpc) is 4.28. The summed E-state index contributed by atoms with van der Waals surface area (Å²) in [6, 6.07) is 12.8. The van der Waals surface area contributed by atoms with E-state index in [1.165, 1.54) is 88.5 Å². The number of aldehydes is 1. The van der Waals surface area contributed by atoms with Crippen molar-refractivity contribution in [3.05, 3.63) is 113 Å². The number of aromatic nitrogens is 7. The lowest BCUT2D eigenvalue weighted by atomic mass is 10.1. The zero-order chi connectivity index (χ0) is 53.7. The van der Waals surface area contributed by atoms with Crippen molar-refractivity contribution < 1.29 is 33.5 Å². The summed E-state index contributed by atoms with van der Waals surface area (Å²) in [7, 11) is 4.68. The minimum absolute atomic E-state index is 0.00463. The highest BCUT2D eigenvalue weighted by Gasteiger charge is 2.24. The van der Waals surface area contributed by atoms with Crippen LogP contribution in [0.25, 0.3) is 43.4 Å². The number of pyridine rings is 1. The molecule has 0 aliphatic heterocycles. The van der Waals surface area contributed by atoms with Crippen LogP contribution in [0, 0.1) is 6.92 Å². The van der Waals surface area contributed by atoms with E-state index in [4.69, 9.17) is 19.7 Å². The molecule has 7 aromatic heterocycles. The van der Waals surface area contributed by atoms with Crippen molar-refractivity contribution in [2.75, 3.05) is 33.1 Å². The molecule has 25 heteroatoms. The van der Waals surface area contributed by atoms with Gasteiger partial charge in [-0.2, -0.15) is 0 Å². The van der Waals surface area contributed by atoms with Crippen LogP contribution in [0.4, 0.5) is 5.13 Å². The van der Waals surface area contributed by atoms with Crippen molar-refractivity contribution in [2.24, 2.45) is 0 Å². The Morgan fingerprint density at radius 2 is 1.35 bits per heavy atom. The third kappa shape index (κ3) is 16.1. The number of benzene rings is 1. The Kier molecular flexibility index (Phi) is 22.8. The molecule has 388 valence electrons.